The summed E-state index contributed by atoms with van der Waals surface area (Å²) >= 11 is 0. The van der Waals surface area contributed by atoms with Gasteiger partial charge >= 0.3 is 17.9 Å². The SMILES string of the molecule is O=C(O)CC(O)(CC(=O)O)C(=O)O.O=C1C=C(N2CC2)C(=O)C(N2CC2)=C1N1CC1. The highest BCUT2D eigenvalue weighted by atomic mass is 16.4. The minimum Gasteiger partial charge on any atom is -0.481 e. The molecule has 3 saturated heterocycles. The second-order valence-corrected chi connectivity index (χ2v) is 7.36. The minimum absolute atomic E-state index is 0.00546. The zero-order chi connectivity index (χ0) is 22.2. The maximum atomic E-state index is 12.4. The van der Waals surface area contributed by atoms with Gasteiger partial charge in [0.05, 0.1) is 18.5 Å². The molecule has 4 rings (SSSR count). The van der Waals surface area contributed by atoms with E-state index in [4.69, 9.17) is 20.4 Å². The Kier molecular flexibility index (Phi) is 5.53. The lowest BCUT2D eigenvalue weighted by Gasteiger charge is -2.21. The van der Waals surface area contributed by atoms with Crippen LogP contribution in [0.1, 0.15) is 12.8 Å². The molecule has 0 unspecified atom stereocenters. The minimum atomic E-state index is -2.74. The number of nitrogens with zero attached hydrogens (tertiary/aromatic N) is 3. The molecule has 0 aromatic heterocycles. The van der Waals surface area contributed by atoms with Gasteiger partial charge < -0.3 is 35.1 Å². The van der Waals surface area contributed by atoms with Gasteiger partial charge in [0.25, 0.3) is 0 Å². The van der Waals surface area contributed by atoms with Crippen molar-refractivity contribution in [2.75, 3.05) is 39.3 Å². The number of aliphatic carboxylic acids is 3. The van der Waals surface area contributed by atoms with Crippen molar-refractivity contribution in [3.8, 4) is 0 Å². The van der Waals surface area contributed by atoms with E-state index in [0.717, 1.165) is 39.3 Å². The Hall–Kier alpha value is -3.41. The van der Waals surface area contributed by atoms with Crippen molar-refractivity contribution in [3.63, 3.8) is 0 Å². The van der Waals surface area contributed by atoms with Crippen LogP contribution in [0, 0.1) is 0 Å². The zero-order valence-electron chi connectivity index (χ0n) is 15.9. The Morgan fingerprint density at radius 1 is 0.800 bits per heavy atom. The van der Waals surface area contributed by atoms with Crippen LogP contribution in [-0.2, 0) is 24.0 Å². The van der Waals surface area contributed by atoms with Gasteiger partial charge in [-0.25, -0.2) is 4.79 Å². The molecule has 1 aliphatic carbocycles. The van der Waals surface area contributed by atoms with Crippen LogP contribution in [0.5, 0.6) is 0 Å². The highest BCUT2D eigenvalue weighted by molar-refractivity contribution is 6.22. The number of hydrogen-bond acceptors (Lipinski definition) is 9. The Morgan fingerprint density at radius 2 is 1.23 bits per heavy atom. The number of ketones is 2. The van der Waals surface area contributed by atoms with Gasteiger partial charge in [-0.2, -0.15) is 0 Å². The first-order valence-corrected chi connectivity index (χ1v) is 9.22. The van der Waals surface area contributed by atoms with Crippen LogP contribution in [-0.4, -0.2) is 109 Å². The molecular formula is C18H21N3O9. The molecule has 0 spiro atoms. The normalized spacial score (nSPS) is 19.8. The molecule has 4 aliphatic rings. The fourth-order valence-corrected chi connectivity index (χ4v) is 2.99. The van der Waals surface area contributed by atoms with Crippen molar-refractivity contribution in [1.82, 2.24) is 14.7 Å². The van der Waals surface area contributed by atoms with E-state index < -0.39 is 36.4 Å². The van der Waals surface area contributed by atoms with Gasteiger partial charge in [-0.05, 0) is 0 Å². The number of allylic oxidation sites excluding steroid dienone is 1. The van der Waals surface area contributed by atoms with Crippen molar-refractivity contribution < 1.29 is 44.4 Å². The monoisotopic (exact) mass is 423 g/mol. The molecule has 3 heterocycles. The van der Waals surface area contributed by atoms with Crippen molar-refractivity contribution >= 4 is 29.5 Å². The molecule has 0 bridgehead atoms. The van der Waals surface area contributed by atoms with Crippen LogP contribution in [0.4, 0.5) is 0 Å². The Bertz CT molecular complexity index is 863. The predicted octanol–water partition coefficient (Wildman–Crippen LogP) is -2.07. The average molecular weight is 423 g/mol. The quantitative estimate of drug-likeness (QED) is 0.248. The van der Waals surface area contributed by atoms with E-state index >= 15 is 0 Å². The van der Waals surface area contributed by atoms with E-state index in [-0.39, 0.29) is 11.6 Å². The topological polar surface area (TPSA) is 175 Å². The predicted molar refractivity (Wildman–Crippen MR) is 96.9 cm³/mol. The number of rotatable bonds is 8. The number of carbonyl (C=O) groups excluding carboxylic acids is 2. The molecule has 0 aromatic carbocycles. The van der Waals surface area contributed by atoms with Crippen LogP contribution < -0.4 is 0 Å². The van der Waals surface area contributed by atoms with Gasteiger partial charge in [-0.3, -0.25) is 19.2 Å². The van der Waals surface area contributed by atoms with Gasteiger partial charge in [-0.1, -0.05) is 0 Å². The third-order valence-electron chi connectivity index (χ3n) is 4.77. The van der Waals surface area contributed by atoms with Gasteiger partial charge in [0.2, 0.25) is 11.6 Å². The number of carboxylic acids is 3. The first kappa shape index (κ1) is 21.3. The summed E-state index contributed by atoms with van der Waals surface area (Å²) in [6.45, 7) is 5.41. The summed E-state index contributed by atoms with van der Waals surface area (Å²) in [7, 11) is 0. The number of Topliss-reactive ketones (excluding diaryl/α,β-unsaturated/α-hetero) is 1. The summed E-state index contributed by atoms with van der Waals surface area (Å²) in [6.07, 6.45) is -0.765. The van der Waals surface area contributed by atoms with Gasteiger partial charge in [-0.15, -0.1) is 0 Å². The molecule has 3 fully saturated rings. The number of hydrogen-bond donors (Lipinski definition) is 4. The van der Waals surface area contributed by atoms with Gasteiger partial charge in [0, 0.05) is 45.3 Å². The van der Waals surface area contributed by atoms with E-state index in [9.17, 15) is 24.0 Å². The molecule has 4 N–H and O–H groups in total. The van der Waals surface area contributed by atoms with Gasteiger partial charge in [0.1, 0.15) is 11.4 Å². The fourth-order valence-electron chi connectivity index (χ4n) is 2.99. The zero-order valence-corrected chi connectivity index (χ0v) is 15.9. The third kappa shape index (κ3) is 4.76. The van der Waals surface area contributed by atoms with E-state index in [1.54, 1.807) is 0 Å². The largest absolute Gasteiger partial charge is 0.481 e. The van der Waals surface area contributed by atoms with Gasteiger partial charge in [0.15, 0.2) is 5.60 Å². The lowest BCUT2D eigenvalue weighted by molar-refractivity contribution is -0.170. The van der Waals surface area contributed by atoms with Crippen molar-refractivity contribution in [3.05, 3.63) is 23.2 Å². The van der Waals surface area contributed by atoms with Crippen molar-refractivity contribution in [2.24, 2.45) is 0 Å². The van der Waals surface area contributed by atoms with Crippen LogP contribution >= 0.6 is 0 Å². The molecule has 0 atom stereocenters. The maximum absolute atomic E-state index is 12.4. The molecule has 0 aromatic rings. The van der Waals surface area contributed by atoms with Crippen LogP contribution in [0.25, 0.3) is 0 Å². The van der Waals surface area contributed by atoms with Crippen LogP contribution in [0.2, 0.25) is 0 Å². The second-order valence-electron chi connectivity index (χ2n) is 7.36. The van der Waals surface area contributed by atoms with Crippen LogP contribution in [0.3, 0.4) is 0 Å². The number of carboxylic acid groups (broad SMARTS) is 3. The van der Waals surface area contributed by atoms with E-state index in [1.807, 2.05) is 14.7 Å². The summed E-state index contributed by atoms with van der Waals surface area (Å²) in [5, 5.41) is 33.8. The summed E-state index contributed by atoms with van der Waals surface area (Å²) in [6, 6.07) is 0. The molecule has 30 heavy (non-hydrogen) atoms. The third-order valence-corrected chi connectivity index (χ3v) is 4.77. The second kappa shape index (κ2) is 7.78. The molecule has 0 saturated carbocycles. The first-order chi connectivity index (χ1) is 14.0. The molecule has 3 aliphatic heterocycles. The smallest absolute Gasteiger partial charge is 0.336 e. The Balaban J connectivity index is 0.000000180. The molecule has 0 amide bonds. The summed E-state index contributed by atoms with van der Waals surface area (Å²) < 4.78 is 0. The molecule has 12 heteroatoms. The van der Waals surface area contributed by atoms with Crippen LogP contribution in [0.15, 0.2) is 23.2 Å². The standard InChI is InChI=1S/C12H13N3O2.C6H8O7/c16-9-7-8(13-1-2-13)12(17)11(15-5-6-15)10(9)14-3-4-14;7-3(8)1-6(13,5(11)12)2-4(9)10/h7H,1-6H2;13H,1-2H2,(H,7,8)(H,9,10)(H,11,12). The molecular weight excluding hydrogens is 402 g/mol. The lowest BCUT2D eigenvalue weighted by Crippen LogP contribution is -2.42. The average Bonchev–Trinajstić information content (AvgIpc) is 3.46. The fraction of sp³-hybridized carbons (Fsp3) is 0.500. The van der Waals surface area contributed by atoms with Crippen molar-refractivity contribution in [2.45, 2.75) is 18.4 Å². The van der Waals surface area contributed by atoms with Crippen molar-refractivity contribution in [1.29, 1.82) is 0 Å². The van der Waals surface area contributed by atoms with E-state index in [2.05, 4.69) is 0 Å². The van der Waals surface area contributed by atoms with E-state index in [1.165, 1.54) is 6.08 Å². The molecule has 12 nitrogen and oxygen atoms in total. The lowest BCUT2D eigenvalue weighted by atomic mass is 9.96. The number of aliphatic hydroxyl groups is 1. The summed E-state index contributed by atoms with van der Waals surface area (Å²) in [4.78, 5) is 61.0. The summed E-state index contributed by atoms with van der Waals surface area (Å²) in [5.41, 5.74) is -0.852. The van der Waals surface area contributed by atoms with E-state index in [0.29, 0.717) is 17.1 Å². The molecule has 0 radical (unpaired) electrons. The molecule has 162 valence electrons. The maximum Gasteiger partial charge on any atom is 0.336 e. The highest BCUT2D eigenvalue weighted by Crippen LogP contribution is 2.33. The highest BCUT2D eigenvalue weighted by Gasteiger charge is 2.43. The Morgan fingerprint density at radius 3 is 1.60 bits per heavy atom. The number of carbonyl (C=O) groups is 5. The summed E-state index contributed by atoms with van der Waals surface area (Å²) in [5.74, 6) is -4.97. The Labute approximate surface area is 170 Å². The first-order valence-electron chi connectivity index (χ1n) is 9.22.